The van der Waals surface area contributed by atoms with E-state index < -0.39 is 0 Å². The summed E-state index contributed by atoms with van der Waals surface area (Å²) in [5.41, 5.74) is 5.91. The Balaban J connectivity index is 2.55. The largest absolute Gasteiger partial charge is 0.382 e. The minimum atomic E-state index is 0.603. The number of aryl methyl sites for hydroxylation is 1. The van der Waals surface area contributed by atoms with Crippen LogP contribution in [0.25, 0.3) is 20.4 Å². The average Bonchev–Trinajstić information content (AvgIpc) is 2.76. The van der Waals surface area contributed by atoms with E-state index in [2.05, 4.69) is 17.0 Å². The lowest BCUT2D eigenvalue weighted by Gasteiger charge is -1.92. The molecule has 0 unspecified atom stereocenters. The third-order valence-electron chi connectivity index (χ3n) is 2.47. The van der Waals surface area contributed by atoms with E-state index in [4.69, 9.17) is 5.73 Å². The number of hydrogen-bond acceptors (Lipinski definition) is 4. The van der Waals surface area contributed by atoms with E-state index in [-0.39, 0.29) is 0 Å². The van der Waals surface area contributed by atoms with Crippen LogP contribution in [0.4, 0.5) is 5.82 Å². The molecule has 4 nitrogen and oxygen atoms in total. The van der Waals surface area contributed by atoms with Gasteiger partial charge in [-0.2, -0.15) is 5.10 Å². The second-order valence-corrected chi connectivity index (χ2v) is 4.32. The number of fused-ring (bicyclic) bond motifs is 3. The van der Waals surface area contributed by atoms with Gasteiger partial charge < -0.3 is 5.73 Å². The second-order valence-electron chi connectivity index (χ2n) is 3.34. The Morgan fingerprint density at radius 2 is 2.40 bits per heavy atom. The highest BCUT2D eigenvalue weighted by molar-refractivity contribution is 7.25. The van der Waals surface area contributed by atoms with E-state index in [9.17, 15) is 0 Å². The van der Waals surface area contributed by atoms with Gasteiger partial charge in [-0.15, -0.1) is 0 Å². The van der Waals surface area contributed by atoms with Crippen molar-refractivity contribution in [2.24, 2.45) is 0 Å². The number of anilines is 1. The van der Waals surface area contributed by atoms with Crippen molar-refractivity contribution < 1.29 is 0 Å². The van der Waals surface area contributed by atoms with Crippen LogP contribution in [0.2, 0.25) is 0 Å². The number of aromatic nitrogens is 3. The van der Waals surface area contributed by atoms with Gasteiger partial charge in [0.05, 0.1) is 5.39 Å². The zero-order valence-electron chi connectivity index (χ0n) is 8.27. The molecule has 3 rings (SSSR count). The molecule has 76 valence electrons. The standard InChI is InChI=1S/C10H10N4S/c1-2-14-10-7(8(11)13-14)6-4-3-5-12-9(6)15-10/h3-5H,2H2,1H3,(H2,11,13). The molecule has 0 atom stereocenters. The van der Waals surface area contributed by atoms with Crippen LogP contribution in [0.5, 0.6) is 0 Å². The fourth-order valence-electron chi connectivity index (χ4n) is 1.79. The number of hydrogen-bond donors (Lipinski definition) is 1. The van der Waals surface area contributed by atoms with E-state index in [1.54, 1.807) is 17.5 Å². The Morgan fingerprint density at radius 3 is 3.20 bits per heavy atom. The highest BCUT2D eigenvalue weighted by atomic mass is 32.1. The van der Waals surface area contributed by atoms with Crippen LogP contribution in [0, 0.1) is 0 Å². The summed E-state index contributed by atoms with van der Waals surface area (Å²) in [5, 5.41) is 6.45. The molecule has 3 aromatic heterocycles. The van der Waals surface area contributed by atoms with Crippen molar-refractivity contribution in [1.82, 2.24) is 14.8 Å². The van der Waals surface area contributed by atoms with E-state index in [1.807, 2.05) is 16.8 Å². The maximum absolute atomic E-state index is 5.91. The van der Waals surface area contributed by atoms with Gasteiger partial charge in [0, 0.05) is 18.1 Å². The van der Waals surface area contributed by atoms with Crippen molar-refractivity contribution in [2.45, 2.75) is 13.5 Å². The van der Waals surface area contributed by atoms with Crippen LogP contribution in [0.3, 0.4) is 0 Å². The van der Waals surface area contributed by atoms with Gasteiger partial charge in [0.2, 0.25) is 0 Å². The van der Waals surface area contributed by atoms with Gasteiger partial charge in [-0.1, -0.05) is 11.3 Å². The predicted molar refractivity (Wildman–Crippen MR) is 63.0 cm³/mol. The Morgan fingerprint density at radius 1 is 1.53 bits per heavy atom. The monoisotopic (exact) mass is 218 g/mol. The summed E-state index contributed by atoms with van der Waals surface area (Å²) in [5.74, 6) is 0.603. The summed E-state index contributed by atoms with van der Waals surface area (Å²) in [6, 6.07) is 3.97. The first kappa shape index (κ1) is 8.67. The maximum atomic E-state index is 5.91. The van der Waals surface area contributed by atoms with Crippen LogP contribution < -0.4 is 5.73 Å². The van der Waals surface area contributed by atoms with Crippen LogP contribution in [0.15, 0.2) is 18.3 Å². The lowest BCUT2D eigenvalue weighted by molar-refractivity contribution is 0.691. The van der Waals surface area contributed by atoms with Gasteiger partial charge in [0.15, 0.2) is 5.82 Å². The van der Waals surface area contributed by atoms with E-state index in [1.165, 1.54) is 0 Å². The average molecular weight is 218 g/mol. The lowest BCUT2D eigenvalue weighted by Crippen LogP contribution is -1.96. The van der Waals surface area contributed by atoms with Gasteiger partial charge in [-0.05, 0) is 19.1 Å². The molecule has 0 fully saturated rings. The van der Waals surface area contributed by atoms with Gasteiger partial charge >= 0.3 is 0 Å². The van der Waals surface area contributed by atoms with Crippen molar-refractivity contribution >= 4 is 37.6 Å². The molecule has 0 aliphatic rings. The van der Waals surface area contributed by atoms with Crippen LogP contribution in [-0.2, 0) is 6.54 Å². The van der Waals surface area contributed by atoms with Crippen molar-refractivity contribution in [2.75, 3.05) is 5.73 Å². The first-order valence-electron chi connectivity index (χ1n) is 4.80. The molecule has 0 spiro atoms. The Bertz CT molecular complexity index is 636. The summed E-state index contributed by atoms with van der Waals surface area (Å²) in [6.45, 7) is 2.89. The third kappa shape index (κ3) is 1.07. The molecule has 2 N–H and O–H groups in total. The van der Waals surface area contributed by atoms with E-state index in [0.717, 1.165) is 27.0 Å². The molecule has 0 aliphatic carbocycles. The zero-order chi connectivity index (χ0) is 10.4. The molecule has 5 heteroatoms. The normalized spacial score (nSPS) is 11.5. The molecular formula is C10H10N4S. The number of nitrogen functional groups attached to an aromatic ring is 1. The molecule has 0 radical (unpaired) electrons. The lowest BCUT2D eigenvalue weighted by atomic mass is 10.2. The quantitative estimate of drug-likeness (QED) is 0.681. The minimum Gasteiger partial charge on any atom is -0.382 e. The fourth-order valence-corrected chi connectivity index (χ4v) is 2.96. The van der Waals surface area contributed by atoms with Crippen LogP contribution in [-0.4, -0.2) is 14.8 Å². The molecule has 0 bridgehead atoms. The van der Waals surface area contributed by atoms with Crippen LogP contribution in [0.1, 0.15) is 6.92 Å². The zero-order valence-corrected chi connectivity index (χ0v) is 9.08. The maximum Gasteiger partial charge on any atom is 0.154 e. The van der Waals surface area contributed by atoms with Gasteiger partial charge in [-0.25, -0.2) is 4.98 Å². The topological polar surface area (TPSA) is 56.7 Å². The highest BCUT2D eigenvalue weighted by Crippen LogP contribution is 2.35. The molecule has 0 saturated heterocycles. The van der Waals surface area contributed by atoms with E-state index >= 15 is 0 Å². The first-order chi connectivity index (χ1) is 7.31. The minimum absolute atomic E-state index is 0.603. The number of rotatable bonds is 1. The third-order valence-corrected chi connectivity index (χ3v) is 3.59. The first-order valence-corrected chi connectivity index (χ1v) is 5.62. The summed E-state index contributed by atoms with van der Waals surface area (Å²) < 4.78 is 1.93. The summed E-state index contributed by atoms with van der Waals surface area (Å²) in [4.78, 5) is 6.47. The molecule has 0 saturated carbocycles. The number of thiophene rings is 1. The molecule has 15 heavy (non-hydrogen) atoms. The summed E-state index contributed by atoms with van der Waals surface area (Å²) in [7, 11) is 0. The fraction of sp³-hybridized carbons (Fsp3) is 0.200. The van der Waals surface area contributed by atoms with Crippen LogP contribution >= 0.6 is 11.3 Å². The molecule has 0 aromatic carbocycles. The molecule has 3 heterocycles. The van der Waals surface area contributed by atoms with Crippen molar-refractivity contribution in [3.63, 3.8) is 0 Å². The number of nitrogens with zero attached hydrogens (tertiary/aromatic N) is 3. The molecular weight excluding hydrogens is 208 g/mol. The molecule has 0 aliphatic heterocycles. The van der Waals surface area contributed by atoms with Crippen molar-refractivity contribution in [3.05, 3.63) is 18.3 Å². The molecule has 0 amide bonds. The SMILES string of the molecule is CCn1nc(N)c2c3cccnc3sc21. The smallest absolute Gasteiger partial charge is 0.154 e. The number of nitrogens with two attached hydrogens (primary N) is 1. The predicted octanol–water partition coefficient (Wildman–Crippen LogP) is 2.25. The van der Waals surface area contributed by atoms with E-state index in [0.29, 0.717) is 5.82 Å². The van der Waals surface area contributed by atoms with Gasteiger partial charge in [-0.3, -0.25) is 4.68 Å². The van der Waals surface area contributed by atoms with Crippen molar-refractivity contribution in [1.29, 1.82) is 0 Å². The Labute approximate surface area is 90.3 Å². The Hall–Kier alpha value is -1.62. The summed E-state index contributed by atoms with van der Waals surface area (Å²) in [6.07, 6.45) is 1.80. The second kappa shape index (κ2) is 2.93. The number of pyridine rings is 1. The van der Waals surface area contributed by atoms with Crippen molar-refractivity contribution in [3.8, 4) is 0 Å². The summed E-state index contributed by atoms with van der Waals surface area (Å²) >= 11 is 1.64. The highest BCUT2D eigenvalue weighted by Gasteiger charge is 2.14. The molecule has 3 aromatic rings. The van der Waals surface area contributed by atoms with Gasteiger partial charge in [0.25, 0.3) is 0 Å². The Kier molecular flexibility index (Phi) is 1.70. The van der Waals surface area contributed by atoms with Gasteiger partial charge in [0.1, 0.15) is 9.66 Å².